The molecule has 6 nitrogen and oxygen atoms in total. The van der Waals surface area contributed by atoms with Crippen molar-refractivity contribution in [3.8, 4) is 40.3 Å². The van der Waals surface area contributed by atoms with E-state index in [0.717, 1.165) is 94.7 Å². The molecule has 6 aromatic carbocycles. The highest BCUT2D eigenvalue weighted by atomic mass is 16.5. The van der Waals surface area contributed by atoms with Crippen molar-refractivity contribution in [2.75, 3.05) is 0 Å². The van der Waals surface area contributed by atoms with Crippen LogP contribution in [0.5, 0.6) is 11.5 Å². The summed E-state index contributed by atoms with van der Waals surface area (Å²) in [6.07, 6.45) is 3.71. The van der Waals surface area contributed by atoms with E-state index in [-0.39, 0.29) is 0 Å². The van der Waals surface area contributed by atoms with Crippen LogP contribution in [0.15, 0.2) is 164 Å². The fourth-order valence-corrected chi connectivity index (χ4v) is 9.39. The number of para-hydroxylation sites is 3. The van der Waals surface area contributed by atoms with E-state index in [1.54, 1.807) is 0 Å². The number of fused-ring (bicyclic) bond motifs is 15. The zero-order valence-corrected chi connectivity index (χ0v) is 28.7. The molecule has 0 unspecified atom stereocenters. The van der Waals surface area contributed by atoms with Gasteiger partial charge in [0.2, 0.25) is 0 Å². The first kappa shape index (κ1) is 29.1. The Morgan fingerprint density at radius 1 is 0.463 bits per heavy atom. The Morgan fingerprint density at radius 3 is 1.70 bits per heavy atom. The lowest BCUT2D eigenvalue weighted by Gasteiger charge is -2.39. The van der Waals surface area contributed by atoms with E-state index in [9.17, 15) is 5.26 Å². The minimum Gasteiger partial charge on any atom is -0.457 e. The SMILES string of the molecule is N#Cc1ccc2c(c1)c1ccccc1n2-c1ccc2c(c1)c1ccccc1n2-c1ccc2c(c1)C1(c3ccccc3O2)c2cccnc2-c2ncccc21. The molecule has 0 fully saturated rings. The normalized spacial score (nSPS) is 13.5. The fraction of sp³-hybridized carbons (Fsp3) is 0.0208. The number of benzene rings is 6. The number of hydrogen-bond acceptors (Lipinski definition) is 4. The molecule has 0 atom stereocenters. The fourth-order valence-electron chi connectivity index (χ4n) is 9.39. The molecule has 0 saturated carbocycles. The molecular weight excluding hydrogens is 663 g/mol. The molecule has 250 valence electrons. The van der Waals surface area contributed by atoms with Gasteiger partial charge in [0.05, 0.1) is 50.5 Å². The largest absolute Gasteiger partial charge is 0.457 e. The summed E-state index contributed by atoms with van der Waals surface area (Å²) >= 11 is 0. The second-order valence-corrected chi connectivity index (χ2v) is 14.1. The number of ether oxygens (including phenoxy) is 1. The first-order valence-electron chi connectivity index (χ1n) is 18.0. The third kappa shape index (κ3) is 3.62. The van der Waals surface area contributed by atoms with Crippen LogP contribution in [0.1, 0.15) is 27.8 Å². The van der Waals surface area contributed by atoms with Crippen LogP contribution in [0.3, 0.4) is 0 Å². The molecule has 0 amide bonds. The second kappa shape index (κ2) is 10.5. The van der Waals surface area contributed by atoms with E-state index in [1.165, 1.54) is 5.39 Å². The first-order valence-corrected chi connectivity index (χ1v) is 18.0. The summed E-state index contributed by atoms with van der Waals surface area (Å²) in [6, 6.07) is 55.5. The number of nitriles is 1. The Bertz CT molecular complexity index is 3240. The summed E-state index contributed by atoms with van der Waals surface area (Å²) in [5.41, 5.74) is 12.6. The zero-order valence-electron chi connectivity index (χ0n) is 28.7. The molecule has 4 aromatic heterocycles. The van der Waals surface area contributed by atoms with Gasteiger partial charge < -0.3 is 13.9 Å². The van der Waals surface area contributed by atoms with E-state index in [4.69, 9.17) is 14.7 Å². The molecular formula is C48H27N5O. The Balaban J connectivity index is 1.12. The highest BCUT2D eigenvalue weighted by Gasteiger charge is 2.52. The molecule has 54 heavy (non-hydrogen) atoms. The van der Waals surface area contributed by atoms with Gasteiger partial charge in [-0.05, 0) is 96.1 Å². The van der Waals surface area contributed by atoms with Gasteiger partial charge in [0.1, 0.15) is 11.5 Å². The number of nitrogens with zero attached hydrogens (tertiary/aromatic N) is 5. The summed E-state index contributed by atoms with van der Waals surface area (Å²) in [5, 5.41) is 14.2. The quantitative estimate of drug-likeness (QED) is 0.181. The minimum atomic E-state index is -0.665. The van der Waals surface area contributed by atoms with Crippen molar-refractivity contribution in [1.82, 2.24) is 19.1 Å². The summed E-state index contributed by atoms with van der Waals surface area (Å²) in [6.45, 7) is 0. The van der Waals surface area contributed by atoms with E-state index in [2.05, 4.69) is 137 Å². The van der Waals surface area contributed by atoms with Gasteiger partial charge in [0.15, 0.2) is 0 Å². The van der Waals surface area contributed by atoms with Crippen molar-refractivity contribution < 1.29 is 4.74 Å². The predicted molar refractivity (Wildman–Crippen MR) is 213 cm³/mol. The lowest BCUT2D eigenvalue weighted by molar-refractivity contribution is 0.436. The van der Waals surface area contributed by atoms with Crippen molar-refractivity contribution in [3.05, 3.63) is 192 Å². The van der Waals surface area contributed by atoms with Crippen LogP contribution >= 0.6 is 0 Å². The second-order valence-electron chi connectivity index (χ2n) is 14.1. The Hall–Kier alpha value is -7.49. The summed E-state index contributed by atoms with van der Waals surface area (Å²) in [7, 11) is 0. The third-order valence-corrected chi connectivity index (χ3v) is 11.5. The first-order chi connectivity index (χ1) is 26.7. The molecule has 0 saturated heterocycles. The van der Waals surface area contributed by atoms with E-state index < -0.39 is 5.41 Å². The minimum absolute atomic E-state index is 0.654. The molecule has 0 radical (unpaired) electrons. The summed E-state index contributed by atoms with van der Waals surface area (Å²) in [4.78, 5) is 9.80. The van der Waals surface area contributed by atoms with Crippen LogP contribution < -0.4 is 4.74 Å². The van der Waals surface area contributed by atoms with Gasteiger partial charge in [0.25, 0.3) is 0 Å². The van der Waals surface area contributed by atoms with Crippen LogP contribution in [0.4, 0.5) is 0 Å². The van der Waals surface area contributed by atoms with Crippen molar-refractivity contribution >= 4 is 43.6 Å². The summed E-state index contributed by atoms with van der Waals surface area (Å²) < 4.78 is 11.4. The molecule has 0 bridgehead atoms. The maximum Gasteiger partial charge on any atom is 0.132 e. The van der Waals surface area contributed by atoms with E-state index in [0.29, 0.717) is 5.56 Å². The zero-order chi connectivity index (χ0) is 35.5. The Morgan fingerprint density at radius 2 is 1.00 bits per heavy atom. The van der Waals surface area contributed by atoms with Gasteiger partial charge in [0, 0.05) is 56.4 Å². The maximum absolute atomic E-state index is 9.69. The van der Waals surface area contributed by atoms with Gasteiger partial charge in [-0.1, -0.05) is 66.7 Å². The van der Waals surface area contributed by atoms with Gasteiger partial charge >= 0.3 is 0 Å². The van der Waals surface area contributed by atoms with E-state index >= 15 is 0 Å². The molecule has 0 N–H and O–H groups in total. The van der Waals surface area contributed by atoms with Gasteiger partial charge in [-0.3, -0.25) is 9.97 Å². The Labute approximate surface area is 309 Å². The average molecular weight is 690 g/mol. The highest BCUT2D eigenvalue weighted by molar-refractivity contribution is 6.12. The molecule has 1 aliphatic carbocycles. The molecule has 12 rings (SSSR count). The monoisotopic (exact) mass is 689 g/mol. The summed E-state index contributed by atoms with van der Waals surface area (Å²) in [5.74, 6) is 1.65. The topological polar surface area (TPSA) is 68.7 Å². The highest BCUT2D eigenvalue weighted by Crippen LogP contribution is 2.61. The average Bonchev–Trinajstić information content (AvgIpc) is 3.85. The van der Waals surface area contributed by atoms with Crippen LogP contribution in [-0.2, 0) is 5.41 Å². The standard InChI is InChI=1S/C48H27N5O/c49-28-29-17-20-42-34(25-29)32-9-1-4-14-40(32)52(42)30-18-21-43-35(26-30)33-10-2-5-15-41(33)53(43)31-19-22-45-39(27-31)48(36-11-3-6-16-44(36)54-45)37-12-7-23-50-46(37)47-38(48)13-8-24-51-47/h1-27H. The van der Waals surface area contributed by atoms with Crippen molar-refractivity contribution in [3.63, 3.8) is 0 Å². The van der Waals surface area contributed by atoms with Crippen LogP contribution in [0.2, 0.25) is 0 Å². The van der Waals surface area contributed by atoms with Crippen molar-refractivity contribution in [2.45, 2.75) is 5.41 Å². The van der Waals surface area contributed by atoms with Crippen LogP contribution in [-0.4, -0.2) is 19.1 Å². The lowest BCUT2D eigenvalue weighted by atomic mass is 9.66. The number of aromatic nitrogens is 4. The van der Waals surface area contributed by atoms with Gasteiger partial charge in [-0.15, -0.1) is 0 Å². The molecule has 10 aromatic rings. The molecule has 1 aliphatic heterocycles. The lowest BCUT2D eigenvalue weighted by Crippen LogP contribution is -2.32. The number of hydrogen-bond donors (Lipinski definition) is 0. The van der Waals surface area contributed by atoms with Crippen molar-refractivity contribution in [1.29, 1.82) is 5.26 Å². The number of rotatable bonds is 2. The van der Waals surface area contributed by atoms with Crippen LogP contribution in [0.25, 0.3) is 66.4 Å². The molecule has 6 heteroatoms. The van der Waals surface area contributed by atoms with E-state index in [1.807, 2.05) is 42.7 Å². The Kier molecular flexibility index (Phi) is 5.68. The smallest absolute Gasteiger partial charge is 0.132 e. The van der Waals surface area contributed by atoms with Crippen molar-refractivity contribution in [2.24, 2.45) is 0 Å². The maximum atomic E-state index is 9.69. The van der Waals surface area contributed by atoms with Gasteiger partial charge in [-0.25, -0.2) is 0 Å². The number of pyridine rings is 2. The molecule has 2 aliphatic rings. The third-order valence-electron chi connectivity index (χ3n) is 11.5. The molecule has 5 heterocycles. The molecule has 1 spiro atoms. The van der Waals surface area contributed by atoms with Crippen LogP contribution in [0, 0.1) is 11.3 Å². The van der Waals surface area contributed by atoms with Gasteiger partial charge in [-0.2, -0.15) is 5.26 Å². The predicted octanol–water partition coefficient (Wildman–Crippen LogP) is 11.0.